The molecular formula is C11H15ClFNO. The first kappa shape index (κ1) is 12.3. The number of hydrogen-bond acceptors (Lipinski definition) is 2. The summed E-state index contributed by atoms with van der Waals surface area (Å²) in [5, 5.41) is 10.0. The van der Waals surface area contributed by atoms with Gasteiger partial charge in [0.15, 0.2) is 11.6 Å². The number of phenolic OH excluding ortho intramolecular Hbond substituents is 1. The molecule has 1 aromatic carbocycles. The van der Waals surface area contributed by atoms with Crippen molar-refractivity contribution in [1.82, 2.24) is 0 Å². The van der Waals surface area contributed by atoms with E-state index in [9.17, 15) is 9.50 Å². The van der Waals surface area contributed by atoms with Crippen LogP contribution in [0.2, 0.25) is 5.02 Å². The summed E-state index contributed by atoms with van der Waals surface area (Å²) < 4.78 is 13.3. The molecule has 0 aromatic heterocycles. The van der Waals surface area contributed by atoms with Gasteiger partial charge in [0.05, 0.1) is 5.02 Å². The van der Waals surface area contributed by atoms with E-state index in [0.29, 0.717) is 29.1 Å². The molecule has 1 unspecified atom stereocenters. The van der Waals surface area contributed by atoms with Gasteiger partial charge in [0.2, 0.25) is 0 Å². The first-order chi connectivity index (χ1) is 6.99. The molecule has 0 aliphatic carbocycles. The lowest BCUT2D eigenvalue weighted by Gasteiger charge is -2.16. The molecule has 3 N–H and O–H groups in total. The fraction of sp³-hybridized carbons (Fsp3) is 0.455. The summed E-state index contributed by atoms with van der Waals surface area (Å²) in [6.07, 6.45) is 0.663. The molecule has 0 aliphatic rings. The Hall–Kier alpha value is -0.800. The summed E-state index contributed by atoms with van der Waals surface area (Å²) >= 11 is 6.03. The molecule has 0 radical (unpaired) electrons. The predicted molar refractivity (Wildman–Crippen MR) is 59.9 cm³/mol. The summed E-state index contributed by atoms with van der Waals surface area (Å²) in [7, 11) is 0. The highest BCUT2D eigenvalue weighted by Gasteiger charge is 2.19. The minimum Gasteiger partial charge on any atom is -0.505 e. The normalized spacial score (nSPS) is 12.9. The molecule has 4 heteroatoms. The van der Waals surface area contributed by atoms with Crippen molar-refractivity contribution in [1.29, 1.82) is 0 Å². The van der Waals surface area contributed by atoms with Crippen LogP contribution in [-0.4, -0.2) is 11.7 Å². The zero-order valence-corrected chi connectivity index (χ0v) is 9.61. The van der Waals surface area contributed by atoms with Crippen LogP contribution in [0.5, 0.6) is 5.75 Å². The summed E-state index contributed by atoms with van der Waals surface area (Å²) in [5.41, 5.74) is 6.51. The van der Waals surface area contributed by atoms with Gasteiger partial charge in [0, 0.05) is 5.56 Å². The third-order valence-electron chi connectivity index (χ3n) is 2.50. The quantitative estimate of drug-likeness (QED) is 0.840. The Bertz CT molecular complexity index is 342. The van der Waals surface area contributed by atoms with Gasteiger partial charge in [-0.1, -0.05) is 18.5 Å². The fourth-order valence-corrected chi connectivity index (χ4v) is 1.94. The van der Waals surface area contributed by atoms with Crippen LogP contribution in [0, 0.1) is 12.7 Å². The fourth-order valence-electron chi connectivity index (χ4n) is 1.61. The number of halogens is 2. The van der Waals surface area contributed by atoms with Crippen LogP contribution < -0.4 is 5.73 Å². The Morgan fingerprint density at radius 2 is 2.20 bits per heavy atom. The van der Waals surface area contributed by atoms with Crippen molar-refractivity contribution in [3.05, 3.63) is 28.0 Å². The topological polar surface area (TPSA) is 46.2 Å². The first-order valence-electron chi connectivity index (χ1n) is 4.86. The van der Waals surface area contributed by atoms with E-state index in [1.54, 1.807) is 6.92 Å². The van der Waals surface area contributed by atoms with Crippen LogP contribution >= 0.6 is 11.6 Å². The highest BCUT2D eigenvalue weighted by molar-refractivity contribution is 6.32. The Morgan fingerprint density at radius 1 is 1.60 bits per heavy atom. The second-order valence-electron chi connectivity index (χ2n) is 3.73. The number of phenols is 1. The van der Waals surface area contributed by atoms with E-state index in [1.165, 1.54) is 6.07 Å². The van der Waals surface area contributed by atoms with E-state index in [0.717, 1.165) is 0 Å². The van der Waals surface area contributed by atoms with Crippen molar-refractivity contribution >= 4 is 11.6 Å². The van der Waals surface area contributed by atoms with Crippen molar-refractivity contribution in [3.8, 4) is 5.75 Å². The first-order valence-corrected chi connectivity index (χ1v) is 5.24. The SMILES string of the molecule is Cc1cc(F)c(O)c(C(C)CCN)c1Cl. The lowest BCUT2D eigenvalue weighted by molar-refractivity contribution is 0.420. The van der Waals surface area contributed by atoms with Gasteiger partial charge in [-0.3, -0.25) is 0 Å². The maximum absolute atomic E-state index is 13.3. The number of aromatic hydroxyl groups is 1. The van der Waals surface area contributed by atoms with E-state index >= 15 is 0 Å². The molecule has 1 atom stereocenters. The monoisotopic (exact) mass is 231 g/mol. The number of hydrogen-bond donors (Lipinski definition) is 2. The van der Waals surface area contributed by atoms with Gasteiger partial charge in [-0.2, -0.15) is 0 Å². The van der Waals surface area contributed by atoms with E-state index in [2.05, 4.69) is 0 Å². The number of rotatable bonds is 3. The van der Waals surface area contributed by atoms with Crippen LogP contribution in [0.4, 0.5) is 4.39 Å². The Labute approximate surface area is 93.9 Å². The molecule has 0 saturated carbocycles. The van der Waals surface area contributed by atoms with Crippen LogP contribution in [0.1, 0.15) is 30.4 Å². The average molecular weight is 232 g/mol. The van der Waals surface area contributed by atoms with Gasteiger partial charge in [-0.15, -0.1) is 0 Å². The third-order valence-corrected chi connectivity index (χ3v) is 3.00. The molecular weight excluding hydrogens is 217 g/mol. The Morgan fingerprint density at radius 3 is 2.73 bits per heavy atom. The lowest BCUT2D eigenvalue weighted by Crippen LogP contribution is -2.06. The molecule has 1 aromatic rings. The summed E-state index contributed by atoms with van der Waals surface area (Å²) in [6.45, 7) is 4.06. The molecule has 0 bridgehead atoms. The highest BCUT2D eigenvalue weighted by atomic mass is 35.5. The maximum atomic E-state index is 13.3. The average Bonchev–Trinajstić information content (AvgIpc) is 2.16. The predicted octanol–water partition coefficient (Wildman–Crippen LogP) is 2.95. The second-order valence-corrected chi connectivity index (χ2v) is 4.11. The minimum absolute atomic E-state index is 0.0445. The van der Waals surface area contributed by atoms with Gasteiger partial charge >= 0.3 is 0 Å². The highest BCUT2D eigenvalue weighted by Crippen LogP contribution is 2.37. The third kappa shape index (κ3) is 2.41. The van der Waals surface area contributed by atoms with Crippen LogP contribution in [0.25, 0.3) is 0 Å². The lowest BCUT2D eigenvalue weighted by atomic mass is 9.95. The molecule has 0 saturated heterocycles. The number of nitrogens with two attached hydrogens (primary N) is 1. The van der Waals surface area contributed by atoms with Crippen LogP contribution in [-0.2, 0) is 0 Å². The molecule has 0 aliphatic heterocycles. The van der Waals surface area contributed by atoms with Gasteiger partial charge < -0.3 is 10.8 Å². The molecule has 0 heterocycles. The Kier molecular flexibility index (Phi) is 3.94. The van der Waals surface area contributed by atoms with Crippen molar-refractivity contribution in [3.63, 3.8) is 0 Å². The van der Waals surface area contributed by atoms with Crippen LogP contribution in [0.15, 0.2) is 6.07 Å². The maximum Gasteiger partial charge on any atom is 0.165 e. The van der Waals surface area contributed by atoms with Crippen molar-refractivity contribution < 1.29 is 9.50 Å². The van der Waals surface area contributed by atoms with Gasteiger partial charge in [-0.05, 0) is 37.4 Å². The smallest absolute Gasteiger partial charge is 0.165 e. The second kappa shape index (κ2) is 4.81. The number of aryl methyl sites for hydroxylation is 1. The largest absolute Gasteiger partial charge is 0.505 e. The van der Waals surface area contributed by atoms with Crippen molar-refractivity contribution in [2.24, 2.45) is 5.73 Å². The molecule has 15 heavy (non-hydrogen) atoms. The molecule has 2 nitrogen and oxygen atoms in total. The summed E-state index contributed by atoms with van der Waals surface area (Å²) in [5.74, 6) is -1.03. The van der Waals surface area contributed by atoms with E-state index in [-0.39, 0.29) is 11.7 Å². The van der Waals surface area contributed by atoms with E-state index in [4.69, 9.17) is 17.3 Å². The Balaban J connectivity index is 3.26. The standard InChI is InChI=1S/C11H15ClFNO/c1-6(3-4-14)9-10(12)7(2)5-8(13)11(9)15/h5-6,15H,3-4,14H2,1-2H3. The summed E-state index contributed by atoms with van der Waals surface area (Å²) in [4.78, 5) is 0. The molecule has 0 amide bonds. The molecule has 0 fully saturated rings. The van der Waals surface area contributed by atoms with Gasteiger partial charge in [0.25, 0.3) is 0 Å². The van der Waals surface area contributed by atoms with Crippen LogP contribution in [0.3, 0.4) is 0 Å². The summed E-state index contributed by atoms with van der Waals surface area (Å²) in [6, 6.07) is 1.23. The number of benzene rings is 1. The van der Waals surface area contributed by atoms with Crippen molar-refractivity contribution in [2.75, 3.05) is 6.54 Å². The van der Waals surface area contributed by atoms with E-state index in [1.807, 2.05) is 6.92 Å². The van der Waals surface area contributed by atoms with Gasteiger partial charge in [-0.25, -0.2) is 4.39 Å². The molecule has 84 valence electrons. The zero-order valence-electron chi connectivity index (χ0n) is 8.85. The molecule has 0 spiro atoms. The minimum atomic E-state index is -0.629. The van der Waals surface area contributed by atoms with Crippen molar-refractivity contribution in [2.45, 2.75) is 26.2 Å². The van der Waals surface area contributed by atoms with E-state index < -0.39 is 5.82 Å². The zero-order chi connectivity index (χ0) is 11.6. The van der Waals surface area contributed by atoms with Gasteiger partial charge in [0.1, 0.15) is 0 Å². The molecule has 1 rings (SSSR count).